The molecule has 94 valence electrons. The highest BCUT2D eigenvalue weighted by Crippen LogP contribution is 2.25. The molecule has 0 saturated carbocycles. The lowest BCUT2D eigenvalue weighted by atomic mass is 10.1. The Morgan fingerprint density at radius 3 is 2.88 bits per heavy atom. The Kier molecular flexibility index (Phi) is 3.96. The number of ether oxygens (including phenoxy) is 1. The van der Waals surface area contributed by atoms with Gasteiger partial charge in [0, 0.05) is 19.1 Å². The zero-order valence-corrected chi connectivity index (χ0v) is 10.9. The summed E-state index contributed by atoms with van der Waals surface area (Å²) in [7, 11) is 3.39. The maximum atomic E-state index is 11.3. The Bertz CT molecular complexity index is 386. The number of piperidine rings is 1. The van der Waals surface area contributed by atoms with Gasteiger partial charge in [0.2, 0.25) is 0 Å². The molecule has 1 aliphatic heterocycles. The number of hydrogen-bond donors (Lipinski definition) is 1. The monoisotopic (exact) mass is 255 g/mol. The summed E-state index contributed by atoms with van der Waals surface area (Å²) in [6.07, 6.45) is 3.82. The number of rotatable bonds is 3. The maximum absolute atomic E-state index is 11.3. The van der Waals surface area contributed by atoms with E-state index in [9.17, 15) is 4.79 Å². The van der Waals surface area contributed by atoms with Gasteiger partial charge >= 0.3 is 5.97 Å². The molecule has 1 saturated heterocycles. The zero-order valence-electron chi connectivity index (χ0n) is 10.1. The van der Waals surface area contributed by atoms with Crippen molar-refractivity contribution in [1.82, 2.24) is 10.3 Å². The van der Waals surface area contributed by atoms with Crippen molar-refractivity contribution in [2.75, 3.05) is 32.1 Å². The molecule has 1 aromatic heterocycles. The Hall–Kier alpha value is -1.14. The number of nitrogens with zero attached hydrogens (tertiary/aromatic N) is 2. The SMILES string of the molecule is CNC1CCN(c2ncc(C(=O)OC)s2)CC1. The van der Waals surface area contributed by atoms with E-state index in [2.05, 4.69) is 19.9 Å². The van der Waals surface area contributed by atoms with Crippen LogP contribution in [0.3, 0.4) is 0 Å². The van der Waals surface area contributed by atoms with Gasteiger partial charge in [-0.2, -0.15) is 0 Å². The summed E-state index contributed by atoms with van der Waals surface area (Å²) in [5, 5.41) is 4.21. The molecule has 2 rings (SSSR count). The highest BCUT2D eigenvalue weighted by atomic mass is 32.1. The molecule has 1 fully saturated rings. The van der Waals surface area contributed by atoms with Crippen LogP contribution in [0.15, 0.2) is 6.20 Å². The second-order valence-electron chi connectivity index (χ2n) is 4.05. The number of esters is 1. The molecule has 5 nitrogen and oxygen atoms in total. The summed E-state index contributed by atoms with van der Waals surface area (Å²) < 4.78 is 4.67. The third kappa shape index (κ3) is 2.76. The highest BCUT2D eigenvalue weighted by molar-refractivity contribution is 7.17. The fraction of sp³-hybridized carbons (Fsp3) is 0.636. The lowest BCUT2D eigenvalue weighted by Gasteiger charge is -2.31. The van der Waals surface area contributed by atoms with Crippen molar-refractivity contribution in [2.45, 2.75) is 18.9 Å². The lowest BCUT2D eigenvalue weighted by Crippen LogP contribution is -2.41. The van der Waals surface area contributed by atoms with Gasteiger partial charge in [-0.3, -0.25) is 0 Å². The first kappa shape index (κ1) is 12.3. The molecule has 0 aromatic carbocycles. The summed E-state index contributed by atoms with van der Waals surface area (Å²) >= 11 is 1.40. The molecular formula is C11H17N3O2S. The van der Waals surface area contributed by atoms with Crippen LogP contribution in [0.25, 0.3) is 0 Å². The van der Waals surface area contributed by atoms with Crippen molar-refractivity contribution in [2.24, 2.45) is 0 Å². The van der Waals surface area contributed by atoms with E-state index in [1.54, 1.807) is 6.20 Å². The molecule has 6 heteroatoms. The molecule has 1 aliphatic rings. The van der Waals surface area contributed by atoms with E-state index >= 15 is 0 Å². The molecular weight excluding hydrogens is 238 g/mol. The van der Waals surface area contributed by atoms with E-state index in [1.807, 2.05) is 7.05 Å². The first-order chi connectivity index (χ1) is 8.24. The third-order valence-electron chi connectivity index (χ3n) is 3.05. The smallest absolute Gasteiger partial charge is 0.349 e. The molecule has 0 unspecified atom stereocenters. The molecule has 17 heavy (non-hydrogen) atoms. The normalized spacial score (nSPS) is 17.2. The van der Waals surface area contributed by atoms with Crippen LogP contribution < -0.4 is 10.2 Å². The zero-order chi connectivity index (χ0) is 12.3. The van der Waals surface area contributed by atoms with Crippen LogP contribution in [0, 0.1) is 0 Å². The summed E-state index contributed by atoms with van der Waals surface area (Å²) in [6, 6.07) is 0.603. The van der Waals surface area contributed by atoms with Crippen LogP contribution in [0.2, 0.25) is 0 Å². The van der Waals surface area contributed by atoms with Crippen molar-refractivity contribution in [3.63, 3.8) is 0 Å². The van der Waals surface area contributed by atoms with E-state index < -0.39 is 0 Å². The standard InChI is InChI=1S/C11H17N3O2S/c1-12-8-3-5-14(6-4-8)11-13-7-9(17-11)10(15)16-2/h7-8,12H,3-6H2,1-2H3. The van der Waals surface area contributed by atoms with Crippen LogP contribution in [0.1, 0.15) is 22.5 Å². The van der Waals surface area contributed by atoms with Gasteiger partial charge in [-0.1, -0.05) is 11.3 Å². The number of methoxy groups -OCH3 is 1. The van der Waals surface area contributed by atoms with E-state index in [1.165, 1.54) is 18.4 Å². The Labute approximate surface area is 105 Å². The van der Waals surface area contributed by atoms with E-state index in [-0.39, 0.29) is 5.97 Å². The minimum absolute atomic E-state index is 0.307. The fourth-order valence-corrected chi connectivity index (χ4v) is 2.85. The molecule has 0 spiro atoms. The Morgan fingerprint density at radius 2 is 2.29 bits per heavy atom. The topological polar surface area (TPSA) is 54.5 Å². The van der Waals surface area contributed by atoms with Crippen molar-refractivity contribution in [1.29, 1.82) is 0 Å². The van der Waals surface area contributed by atoms with Crippen molar-refractivity contribution < 1.29 is 9.53 Å². The van der Waals surface area contributed by atoms with Gasteiger partial charge in [-0.25, -0.2) is 9.78 Å². The molecule has 1 N–H and O–H groups in total. The summed E-state index contributed by atoms with van der Waals surface area (Å²) in [5.74, 6) is -0.307. The van der Waals surface area contributed by atoms with Gasteiger partial charge in [-0.15, -0.1) is 0 Å². The van der Waals surface area contributed by atoms with Crippen LogP contribution in [0.4, 0.5) is 5.13 Å². The number of carbonyl (C=O) groups is 1. The third-order valence-corrected chi connectivity index (χ3v) is 4.09. The Balaban J connectivity index is 1.99. The molecule has 1 aromatic rings. The number of anilines is 1. The predicted octanol–water partition coefficient (Wildman–Crippen LogP) is 1.12. The largest absolute Gasteiger partial charge is 0.465 e. The van der Waals surface area contributed by atoms with Gasteiger partial charge < -0.3 is 15.0 Å². The van der Waals surface area contributed by atoms with Crippen molar-refractivity contribution in [3.05, 3.63) is 11.1 Å². The molecule has 0 amide bonds. The van der Waals surface area contributed by atoms with E-state index in [4.69, 9.17) is 0 Å². The van der Waals surface area contributed by atoms with Crippen LogP contribution in [0.5, 0.6) is 0 Å². The minimum atomic E-state index is -0.307. The first-order valence-electron chi connectivity index (χ1n) is 5.71. The van der Waals surface area contributed by atoms with Gasteiger partial charge in [-0.05, 0) is 19.9 Å². The van der Waals surface area contributed by atoms with Gasteiger partial charge in [0.25, 0.3) is 0 Å². The van der Waals surface area contributed by atoms with E-state index in [0.717, 1.165) is 31.1 Å². The second kappa shape index (κ2) is 5.46. The average molecular weight is 255 g/mol. The molecule has 2 heterocycles. The van der Waals surface area contributed by atoms with Gasteiger partial charge in [0.15, 0.2) is 5.13 Å². The van der Waals surface area contributed by atoms with Crippen LogP contribution in [-0.4, -0.2) is 44.2 Å². The number of thiazole rings is 1. The van der Waals surface area contributed by atoms with Crippen molar-refractivity contribution in [3.8, 4) is 0 Å². The molecule has 0 aliphatic carbocycles. The lowest BCUT2D eigenvalue weighted by molar-refractivity contribution is 0.0606. The molecule has 0 atom stereocenters. The summed E-state index contributed by atoms with van der Waals surface area (Å²) in [6.45, 7) is 1.97. The number of nitrogens with one attached hydrogen (secondary N) is 1. The second-order valence-corrected chi connectivity index (χ2v) is 5.06. The number of carbonyl (C=O) groups excluding carboxylic acids is 1. The number of aromatic nitrogens is 1. The van der Waals surface area contributed by atoms with Crippen LogP contribution in [-0.2, 0) is 4.74 Å². The minimum Gasteiger partial charge on any atom is -0.465 e. The highest BCUT2D eigenvalue weighted by Gasteiger charge is 2.21. The first-order valence-corrected chi connectivity index (χ1v) is 6.52. The maximum Gasteiger partial charge on any atom is 0.349 e. The van der Waals surface area contributed by atoms with Crippen molar-refractivity contribution >= 4 is 22.4 Å². The quantitative estimate of drug-likeness (QED) is 0.820. The summed E-state index contributed by atoms with van der Waals surface area (Å²) in [4.78, 5) is 18.4. The summed E-state index contributed by atoms with van der Waals surface area (Å²) in [5.41, 5.74) is 0. The average Bonchev–Trinajstić information content (AvgIpc) is 2.87. The predicted molar refractivity (Wildman–Crippen MR) is 67.7 cm³/mol. The molecule has 0 radical (unpaired) electrons. The fourth-order valence-electron chi connectivity index (χ4n) is 1.97. The molecule has 0 bridgehead atoms. The van der Waals surface area contributed by atoms with Gasteiger partial charge in [0.1, 0.15) is 4.88 Å². The van der Waals surface area contributed by atoms with Gasteiger partial charge in [0.05, 0.1) is 13.3 Å². The van der Waals surface area contributed by atoms with Crippen LogP contribution >= 0.6 is 11.3 Å². The Morgan fingerprint density at radius 1 is 1.59 bits per heavy atom. The van der Waals surface area contributed by atoms with E-state index in [0.29, 0.717) is 10.9 Å². The number of hydrogen-bond acceptors (Lipinski definition) is 6.